The Morgan fingerprint density at radius 1 is 0.630 bits per heavy atom. The van der Waals surface area contributed by atoms with Gasteiger partial charge in [0.05, 0.1) is 12.7 Å². The molecule has 0 fully saturated rings. The highest BCUT2D eigenvalue weighted by atomic mass is 16.6. The molecule has 0 aromatic rings. The molecular weight excluding hydrogens is 576 g/mol. The van der Waals surface area contributed by atoms with Crippen LogP contribution in [0.1, 0.15) is 155 Å². The van der Waals surface area contributed by atoms with Crippen molar-refractivity contribution in [2.24, 2.45) is 0 Å². The summed E-state index contributed by atoms with van der Waals surface area (Å²) in [6.45, 7) is 3.84. The molecule has 1 unspecified atom stereocenters. The normalized spacial score (nSPS) is 13.6. The van der Waals surface area contributed by atoms with E-state index in [1.54, 1.807) is 0 Å². The predicted octanol–water partition coefficient (Wildman–Crippen LogP) is 10.2. The van der Waals surface area contributed by atoms with Gasteiger partial charge in [0.2, 0.25) is 0 Å². The van der Waals surface area contributed by atoms with Gasteiger partial charge in [-0.15, -0.1) is 0 Å². The molecule has 0 bridgehead atoms. The number of hydrogen-bond donors (Lipinski definition) is 2. The van der Waals surface area contributed by atoms with Crippen molar-refractivity contribution < 1.29 is 29.3 Å². The Kier molecular flexibility index (Phi) is 33.5. The first-order chi connectivity index (χ1) is 22.5. The van der Waals surface area contributed by atoms with Crippen LogP contribution in [0.15, 0.2) is 60.8 Å². The minimum atomic E-state index is -0.812. The zero-order chi connectivity index (χ0) is 33.8. The molecule has 0 aromatic heterocycles. The smallest absolute Gasteiger partial charge is 0.306 e. The lowest BCUT2D eigenvalue weighted by atomic mass is 10.0. The summed E-state index contributed by atoms with van der Waals surface area (Å²) < 4.78 is 10.5. The van der Waals surface area contributed by atoms with Crippen LogP contribution >= 0.6 is 0 Å². The number of allylic oxidation sites excluding steroid dienone is 8. The summed E-state index contributed by atoms with van der Waals surface area (Å²) in [7, 11) is 0. The van der Waals surface area contributed by atoms with Gasteiger partial charge >= 0.3 is 11.9 Å². The average molecular weight is 645 g/mol. The van der Waals surface area contributed by atoms with E-state index in [1.807, 2.05) is 37.3 Å². The number of aliphatic hydroxyl groups excluding tert-OH is 2. The van der Waals surface area contributed by atoms with E-state index in [-0.39, 0.29) is 31.6 Å². The molecule has 0 amide bonds. The maximum absolute atomic E-state index is 12.1. The molecule has 0 saturated carbocycles. The monoisotopic (exact) mass is 645 g/mol. The molecule has 0 aliphatic carbocycles. The molecule has 2 N–H and O–H groups in total. The molecule has 0 radical (unpaired) electrons. The van der Waals surface area contributed by atoms with E-state index in [9.17, 15) is 19.8 Å². The first kappa shape index (κ1) is 43.6. The topological polar surface area (TPSA) is 93.1 Å². The van der Waals surface area contributed by atoms with Crippen LogP contribution in [0, 0.1) is 0 Å². The Morgan fingerprint density at radius 2 is 1.17 bits per heavy atom. The highest BCUT2D eigenvalue weighted by Gasteiger charge is 2.15. The predicted molar refractivity (Wildman–Crippen MR) is 193 cm³/mol. The molecule has 0 rings (SSSR count). The summed E-state index contributed by atoms with van der Waals surface area (Å²) in [6.07, 6.45) is 41.9. The molecule has 264 valence electrons. The van der Waals surface area contributed by atoms with Crippen LogP contribution in [0.2, 0.25) is 0 Å². The number of carbonyl (C=O) groups is 2. The molecule has 0 aromatic carbocycles. The van der Waals surface area contributed by atoms with Crippen LogP contribution in [0.4, 0.5) is 0 Å². The van der Waals surface area contributed by atoms with E-state index >= 15 is 0 Å². The Labute approximate surface area is 282 Å². The third-order valence-electron chi connectivity index (χ3n) is 7.65. The van der Waals surface area contributed by atoms with Gasteiger partial charge in [-0.05, 0) is 44.9 Å². The first-order valence-electron chi connectivity index (χ1n) is 18.5. The lowest BCUT2D eigenvalue weighted by Gasteiger charge is -2.15. The molecule has 6 nitrogen and oxygen atoms in total. The van der Waals surface area contributed by atoms with Crippen LogP contribution < -0.4 is 0 Å². The van der Waals surface area contributed by atoms with Crippen molar-refractivity contribution in [3.63, 3.8) is 0 Å². The fourth-order valence-corrected chi connectivity index (χ4v) is 4.84. The number of hydrogen-bond acceptors (Lipinski definition) is 6. The summed E-state index contributed by atoms with van der Waals surface area (Å²) in [4.78, 5) is 24.2. The van der Waals surface area contributed by atoms with Crippen LogP contribution in [0.5, 0.6) is 0 Å². The highest BCUT2D eigenvalue weighted by molar-refractivity contribution is 5.70. The van der Waals surface area contributed by atoms with Crippen molar-refractivity contribution in [2.75, 3.05) is 13.2 Å². The zero-order valence-corrected chi connectivity index (χ0v) is 29.4. The second-order valence-corrected chi connectivity index (χ2v) is 12.1. The fraction of sp³-hybridized carbons (Fsp3) is 0.700. The molecule has 46 heavy (non-hydrogen) atoms. The Morgan fingerprint density at radius 3 is 1.78 bits per heavy atom. The van der Waals surface area contributed by atoms with Crippen LogP contribution in [0.25, 0.3) is 0 Å². The van der Waals surface area contributed by atoms with Gasteiger partial charge in [0, 0.05) is 12.8 Å². The average Bonchev–Trinajstić information content (AvgIpc) is 3.05. The van der Waals surface area contributed by atoms with Crippen LogP contribution in [0.3, 0.4) is 0 Å². The number of carbonyl (C=O) groups excluding carboxylic acids is 2. The van der Waals surface area contributed by atoms with E-state index in [4.69, 9.17) is 9.47 Å². The van der Waals surface area contributed by atoms with Gasteiger partial charge in [0.1, 0.15) is 6.61 Å². The zero-order valence-electron chi connectivity index (χ0n) is 29.4. The molecule has 0 spiro atoms. The molecule has 0 aliphatic rings. The van der Waals surface area contributed by atoms with Crippen LogP contribution in [-0.2, 0) is 19.1 Å². The standard InChI is InChI=1S/C40H68O6/c1-3-5-7-8-9-10-11-12-13-17-20-23-26-29-33-39(43)45-36-38(35-41)46-40(44)34-30-27-24-21-18-15-14-16-19-22-25-28-32-37(42)31-6-4-2/h6,14-15,19,21-22,24-25,28,31,37-38,41-42H,3-5,7-13,16-18,20,23,26-27,29-30,32-36H2,1-2H3/b15-14-,22-19-,24-21-,28-25+,31-6-/t37?,38-/m0/s1. The van der Waals surface area contributed by atoms with E-state index in [0.717, 1.165) is 44.9 Å². The van der Waals surface area contributed by atoms with Crippen LogP contribution in [-0.4, -0.2) is 47.6 Å². The van der Waals surface area contributed by atoms with E-state index in [1.165, 1.54) is 70.6 Å². The Hall–Kier alpha value is -2.44. The van der Waals surface area contributed by atoms with Crippen molar-refractivity contribution >= 4 is 11.9 Å². The summed E-state index contributed by atoms with van der Waals surface area (Å²) >= 11 is 0. The quantitative estimate of drug-likeness (QED) is 0.0328. The second kappa shape index (κ2) is 35.4. The van der Waals surface area contributed by atoms with Gasteiger partial charge in [-0.2, -0.15) is 0 Å². The first-order valence-corrected chi connectivity index (χ1v) is 18.5. The van der Waals surface area contributed by atoms with Crippen molar-refractivity contribution in [3.8, 4) is 0 Å². The van der Waals surface area contributed by atoms with Gasteiger partial charge in [-0.1, -0.05) is 158 Å². The summed E-state index contributed by atoms with van der Waals surface area (Å²) in [5.74, 6) is -0.685. The molecule has 0 heterocycles. The SMILES string of the molecule is CC/C=C\C(O)C/C=C/C=C\C/C=C\C/C=C\CCCC(=O)O[C@@H](CO)COC(=O)CCCCCCCCCCCCCCCC. The summed E-state index contributed by atoms with van der Waals surface area (Å²) in [5.41, 5.74) is 0. The number of ether oxygens (including phenoxy) is 2. The van der Waals surface area contributed by atoms with Crippen molar-refractivity contribution in [3.05, 3.63) is 60.8 Å². The molecule has 0 aliphatic heterocycles. The van der Waals surface area contributed by atoms with Gasteiger partial charge in [0.15, 0.2) is 6.10 Å². The summed E-state index contributed by atoms with van der Waals surface area (Å²) in [6, 6.07) is 0. The number of esters is 2. The van der Waals surface area contributed by atoms with E-state index in [0.29, 0.717) is 19.3 Å². The van der Waals surface area contributed by atoms with E-state index in [2.05, 4.69) is 37.3 Å². The van der Waals surface area contributed by atoms with Crippen molar-refractivity contribution in [1.82, 2.24) is 0 Å². The third-order valence-corrected chi connectivity index (χ3v) is 7.65. The molecule has 0 saturated heterocycles. The minimum absolute atomic E-state index is 0.100. The van der Waals surface area contributed by atoms with Gasteiger partial charge in [-0.3, -0.25) is 9.59 Å². The molecule has 2 atom stereocenters. The van der Waals surface area contributed by atoms with Gasteiger partial charge in [0.25, 0.3) is 0 Å². The van der Waals surface area contributed by atoms with Crippen molar-refractivity contribution in [2.45, 2.75) is 167 Å². The number of aliphatic hydroxyl groups is 2. The second-order valence-electron chi connectivity index (χ2n) is 12.1. The lowest BCUT2D eigenvalue weighted by molar-refractivity contribution is -0.161. The maximum Gasteiger partial charge on any atom is 0.306 e. The summed E-state index contributed by atoms with van der Waals surface area (Å²) in [5, 5.41) is 19.2. The fourth-order valence-electron chi connectivity index (χ4n) is 4.84. The Balaban J connectivity index is 3.73. The minimum Gasteiger partial charge on any atom is -0.462 e. The highest BCUT2D eigenvalue weighted by Crippen LogP contribution is 2.14. The molecular formula is C40H68O6. The largest absolute Gasteiger partial charge is 0.462 e. The van der Waals surface area contributed by atoms with Gasteiger partial charge in [-0.25, -0.2) is 0 Å². The molecule has 6 heteroatoms. The Bertz CT molecular complexity index is 841. The lowest BCUT2D eigenvalue weighted by Crippen LogP contribution is -2.28. The van der Waals surface area contributed by atoms with E-state index < -0.39 is 12.2 Å². The number of unbranched alkanes of at least 4 members (excludes halogenated alkanes) is 14. The van der Waals surface area contributed by atoms with Crippen molar-refractivity contribution in [1.29, 1.82) is 0 Å². The maximum atomic E-state index is 12.1. The van der Waals surface area contributed by atoms with Gasteiger partial charge < -0.3 is 19.7 Å². The number of rotatable bonds is 32. The third kappa shape index (κ3) is 32.9.